The van der Waals surface area contributed by atoms with Gasteiger partial charge in [0.1, 0.15) is 0 Å². The van der Waals surface area contributed by atoms with Gasteiger partial charge in [-0.3, -0.25) is 4.79 Å². The third-order valence-corrected chi connectivity index (χ3v) is 3.05. The van der Waals surface area contributed by atoms with Gasteiger partial charge in [0.05, 0.1) is 0 Å². The van der Waals surface area contributed by atoms with Crippen LogP contribution in [0.2, 0.25) is 0 Å². The largest absolute Gasteiger partial charge is 0.388 e. The Balaban J connectivity index is 2.43. The van der Waals surface area contributed by atoms with E-state index >= 15 is 0 Å². The molecular formula is C15H24N2O. The topological polar surface area (TPSA) is 41.1 Å². The van der Waals surface area contributed by atoms with E-state index < -0.39 is 0 Å². The van der Waals surface area contributed by atoms with Crippen molar-refractivity contribution in [3.05, 3.63) is 29.8 Å². The van der Waals surface area contributed by atoms with Gasteiger partial charge in [-0.15, -0.1) is 0 Å². The first-order valence-electron chi connectivity index (χ1n) is 6.76. The van der Waals surface area contributed by atoms with Crippen molar-refractivity contribution in [3.8, 4) is 0 Å². The number of hydrogen-bond acceptors (Lipinski definition) is 2. The fraction of sp³-hybridized carbons (Fsp3) is 0.533. The highest BCUT2D eigenvalue weighted by atomic mass is 16.1. The molecule has 0 aliphatic carbocycles. The number of nitrogens with one attached hydrogen (secondary N) is 2. The maximum absolute atomic E-state index is 12.0. The van der Waals surface area contributed by atoms with Crippen molar-refractivity contribution < 1.29 is 4.79 Å². The SMILES string of the molecule is CCCCCC(C)NC(=O)c1ccc(NC)cc1. The zero-order chi connectivity index (χ0) is 13.4. The molecule has 3 heteroatoms. The van der Waals surface area contributed by atoms with E-state index in [1.807, 2.05) is 31.3 Å². The van der Waals surface area contributed by atoms with Gasteiger partial charge in [0, 0.05) is 24.3 Å². The molecule has 0 saturated heterocycles. The van der Waals surface area contributed by atoms with E-state index in [1.54, 1.807) is 0 Å². The van der Waals surface area contributed by atoms with Crippen LogP contribution >= 0.6 is 0 Å². The third-order valence-electron chi connectivity index (χ3n) is 3.05. The second-order valence-corrected chi connectivity index (χ2v) is 4.70. The molecule has 1 aromatic carbocycles. The quantitative estimate of drug-likeness (QED) is 0.726. The number of benzene rings is 1. The van der Waals surface area contributed by atoms with Crippen molar-refractivity contribution >= 4 is 11.6 Å². The van der Waals surface area contributed by atoms with Gasteiger partial charge in [0.2, 0.25) is 0 Å². The number of hydrogen-bond donors (Lipinski definition) is 2. The number of amides is 1. The van der Waals surface area contributed by atoms with Gasteiger partial charge in [-0.05, 0) is 37.6 Å². The zero-order valence-electron chi connectivity index (χ0n) is 11.6. The molecule has 18 heavy (non-hydrogen) atoms. The molecule has 1 unspecified atom stereocenters. The highest BCUT2D eigenvalue weighted by molar-refractivity contribution is 5.94. The maximum Gasteiger partial charge on any atom is 0.251 e. The number of unbranched alkanes of at least 4 members (excludes halogenated alkanes) is 2. The van der Waals surface area contributed by atoms with Crippen molar-refractivity contribution in [2.24, 2.45) is 0 Å². The molecule has 1 rings (SSSR count). The van der Waals surface area contributed by atoms with Crippen LogP contribution in [-0.2, 0) is 0 Å². The molecule has 1 amide bonds. The summed E-state index contributed by atoms with van der Waals surface area (Å²) >= 11 is 0. The van der Waals surface area contributed by atoms with E-state index in [-0.39, 0.29) is 11.9 Å². The Bertz CT molecular complexity index is 359. The van der Waals surface area contributed by atoms with Gasteiger partial charge in [0.25, 0.3) is 5.91 Å². The Labute approximate surface area is 110 Å². The number of anilines is 1. The van der Waals surface area contributed by atoms with Crippen LogP contribution in [0.3, 0.4) is 0 Å². The molecule has 3 nitrogen and oxygen atoms in total. The lowest BCUT2D eigenvalue weighted by Crippen LogP contribution is -2.32. The normalized spacial score (nSPS) is 11.9. The summed E-state index contributed by atoms with van der Waals surface area (Å²) in [5, 5.41) is 6.07. The molecule has 0 aliphatic rings. The van der Waals surface area contributed by atoms with Crippen molar-refractivity contribution in [2.45, 2.75) is 45.6 Å². The summed E-state index contributed by atoms with van der Waals surface area (Å²) in [6.07, 6.45) is 4.67. The summed E-state index contributed by atoms with van der Waals surface area (Å²) in [5.41, 5.74) is 1.74. The van der Waals surface area contributed by atoms with Crippen LogP contribution in [0.1, 0.15) is 49.9 Å². The van der Waals surface area contributed by atoms with Gasteiger partial charge < -0.3 is 10.6 Å². The molecule has 0 saturated carbocycles. The molecule has 0 aliphatic heterocycles. The Morgan fingerprint density at radius 2 is 1.89 bits per heavy atom. The van der Waals surface area contributed by atoms with E-state index in [2.05, 4.69) is 24.5 Å². The summed E-state index contributed by atoms with van der Waals surface area (Å²) < 4.78 is 0. The Kier molecular flexibility index (Phi) is 6.26. The van der Waals surface area contributed by atoms with Crippen molar-refractivity contribution in [1.82, 2.24) is 5.32 Å². The van der Waals surface area contributed by atoms with E-state index in [9.17, 15) is 4.79 Å². The molecule has 1 aromatic rings. The minimum atomic E-state index is 0.0154. The summed E-state index contributed by atoms with van der Waals surface area (Å²) in [7, 11) is 1.87. The summed E-state index contributed by atoms with van der Waals surface area (Å²) in [6, 6.07) is 7.76. The second kappa shape index (κ2) is 7.75. The van der Waals surface area contributed by atoms with Crippen LogP contribution in [0.4, 0.5) is 5.69 Å². The summed E-state index contributed by atoms with van der Waals surface area (Å²) in [6.45, 7) is 4.25. The average Bonchev–Trinajstić information content (AvgIpc) is 2.39. The van der Waals surface area contributed by atoms with E-state index in [1.165, 1.54) is 19.3 Å². The summed E-state index contributed by atoms with van der Waals surface area (Å²) in [4.78, 5) is 12.0. The molecule has 1 atom stereocenters. The number of carbonyl (C=O) groups excluding carboxylic acids is 1. The van der Waals surface area contributed by atoms with Gasteiger partial charge in [-0.2, -0.15) is 0 Å². The van der Waals surface area contributed by atoms with Gasteiger partial charge in [-0.25, -0.2) is 0 Å². The van der Waals surface area contributed by atoms with Crippen LogP contribution in [0.15, 0.2) is 24.3 Å². The summed E-state index contributed by atoms with van der Waals surface area (Å²) in [5.74, 6) is 0.0154. The van der Waals surface area contributed by atoms with Crippen molar-refractivity contribution in [3.63, 3.8) is 0 Å². The first kappa shape index (κ1) is 14.6. The van der Waals surface area contributed by atoms with Crippen LogP contribution in [0.25, 0.3) is 0 Å². The predicted octanol–water partition coefficient (Wildman–Crippen LogP) is 3.43. The third kappa shape index (κ3) is 4.78. The fourth-order valence-corrected chi connectivity index (χ4v) is 1.87. The molecule has 0 spiro atoms. The smallest absolute Gasteiger partial charge is 0.251 e. The van der Waals surface area contributed by atoms with E-state index in [0.29, 0.717) is 0 Å². The lowest BCUT2D eigenvalue weighted by Gasteiger charge is -2.13. The molecule has 0 aromatic heterocycles. The van der Waals surface area contributed by atoms with E-state index in [4.69, 9.17) is 0 Å². The maximum atomic E-state index is 12.0. The Morgan fingerprint density at radius 1 is 1.22 bits per heavy atom. The highest BCUT2D eigenvalue weighted by Crippen LogP contribution is 2.09. The van der Waals surface area contributed by atoms with Gasteiger partial charge >= 0.3 is 0 Å². The molecule has 0 fully saturated rings. The monoisotopic (exact) mass is 248 g/mol. The molecular weight excluding hydrogens is 224 g/mol. The molecule has 0 radical (unpaired) electrons. The van der Waals surface area contributed by atoms with Gasteiger partial charge in [-0.1, -0.05) is 26.2 Å². The molecule has 0 bridgehead atoms. The molecule has 100 valence electrons. The minimum absolute atomic E-state index is 0.0154. The van der Waals surface area contributed by atoms with Crippen LogP contribution in [0.5, 0.6) is 0 Å². The first-order valence-corrected chi connectivity index (χ1v) is 6.76. The number of carbonyl (C=O) groups is 1. The van der Waals surface area contributed by atoms with Crippen molar-refractivity contribution in [1.29, 1.82) is 0 Å². The van der Waals surface area contributed by atoms with E-state index in [0.717, 1.165) is 17.7 Å². The Morgan fingerprint density at radius 3 is 2.44 bits per heavy atom. The fourth-order valence-electron chi connectivity index (χ4n) is 1.87. The zero-order valence-corrected chi connectivity index (χ0v) is 11.6. The van der Waals surface area contributed by atoms with Crippen molar-refractivity contribution in [2.75, 3.05) is 12.4 Å². The second-order valence-electron chi connectivity index (χ2n) is 4.70. The first-order chi connectivity index (χ1) is 8.67. The van der Waals surface area contributed by atoms with Crippen LogP contribution in [0, 0.1) is 0 Å². The lowest BCUT2D eigenvalue weighted by molar-refractivity contribution is 0.0938. The average molecular weight is 248 g/mol. The standard InChI is InChI=1S/C15H24N2O/c1-4-5-6-7-12(2)17-15(18)13-8-10-14(16-3)11-9-13/h8-12,16H,4-7H2,1-3H3,(H,17,18). The van der Waals surface area contributed by atoms with Crippen LogP contribution in [-0.4, -0.2) is 19.0 Å². The molecule has 2 N–H and O–H groups in total. The predicted molar refractivity (Wildman–Crippen MR) is 77.1 cm³/mol. The lowest BCUT2D eigenvalue weighted by atomic mass is 10.1. The Hall–Kier alpha value is -1.51. The van der Waals surface area contributed by atoms with Crippen LogP contribution < -0.4 is 10.6 Å². The highest BCUT2D eigenvalue weighted by Gasteiger charge is 2.09. The minimum Gasteiger partial charge on any atom is -0.388 e. The molecule has 0 heterocycles. The van der Waals surface area contributed by atoms with Gasteiger partial charge in [0.15, 0.2) is 0 Å². The number of rotatable bonds is 7.